The average molecular weight is 389 g/mol. The first kappa shape index (κ1) is 18.2. The van der Waals surface area contributed by atoms with Crippen LogP contribution < -0.4 is 5.32 Å². The number of pyridine rings is 1. The van der Waals surface area contributed by atoms with Crippen molar-refractivity contribution >= 4 is 34.1 Å². The topological polar surface area (TPSA) is 72.7 Å². The summed E-state index contributed by atoms with van der Waals surface area (Å²) >= 11 is 1.63. The average Bonchev–Trinajstić information content (AvgIpc) is 3.12. The number of rotatable bonds is 5. The summed E-state index contributed by atoms with van der Waals surface area (Å²) in [6.45, 7) is 2.11. The smallest absolute Gasteiger partial charge is 0.255 e. The second-order valence-electron chi connectivity index (χ2n) is 6.50. The first-order chi connectivity index (χ1) is 13.6. The van der Waals surface area contributed by atoms with Crippen molar-refractivity contribution in [3.05, 3.63) is 78.4 Å². The number of carbonyl (C=O) groups excluding carboxylic acids is 1. The van der Waals surface area contributed by atoms with Crippen LogP contribution >= 0.6 is 11.8 Å². The summed E-state index contributed by atoms with van der Waals surface area (Å²) in [5.41, 5.74) is 2.47. The molecule has 0 spiro atoms. The molecule has 4 aromatic rings. The van der Waals surface area contributed by atoms with Crippen LogP contribution in [0.3, 0.4) is 0 Å². The fraction of sp³-hybridized carbons (Fsp3) is 0.143. The molecule has 2 heterocycles. The monoisotopic (exact) mass is 389 g/mol. The molecule has 140 valence electrons. The van der Waals surface area contributed by atoms with Gasteiger partial charge in [0.15, 0.2) is 5.16 Å². The van der Waals surface area contributed by atoms with Crippen LogP contribution in [0.2, 0.25) is 0 Å². The number of amides is 1. The number of aryl methyl sites for hydroxylation is 1. The maximum Gasteiger partial charge on any atom is 0.255 e. The molecule has 0 fully saturated rings. The fourth-order valence-electron chi connectivity index (χ4n) is 2.90. The summed E-state index contributed by atoms with van der Waals surface area (Å²) in [7, 11) is 1.92. The Bertz CT molecular complexity index is 1140. The van der Waals surface area contributed by atoms with Crippen LogP contribution in [-0.4, -0.2) is 25.7 Å². The number of carbonyl (C=O) groups is 1. The van der Waals surface area contributed by atoms with Crippen LogP contribution in [0, 0.1) is 0 Å². The highest BCUT2D eigenvalue weighted by Crippen LogP contribution is 2.34. The van der Waals surface area contributed by atoms with Gasteiger partial charge in [0, 0.05) is 41.3 Å². The number of hydrogen-bond donors (Lipinski definition) is 1. The summed E-state index contributed by atoms with van der Waals surface area (Å²) in [4.78, 5) is 16.8. The molecule has 0 aliphatic heterocycles. The number of anilines is 1. The lowest BCUT2D eigenvalue weighted by Crippen LogP contribution is -2.12. The van der Waals surface area contributed by atoms with Crippen molar-refractivity contribution in [1.82, 2.24) is 19.7 Å². The number of benzene rings is 2. The zero-order valence-corrected chi connectivity index (χ0v) is 16.4. The zero-order valence-electron chi connectivity index (χ0n) is 15.5. The molecule has 0 aliphatic carbocycles. The van der Waals surface area contributed by atoms with Gasteiger partial charge in [-0.25, -0.2) is 0 Å². The Hall–Kier alpha value is -3.19. The van der Waals surface area contributed by atoms with Gasteiger partial charge in [0.25, 0.3) is 5.91 Å². The highest BCUT2D eigenvalue weighted by atomic mass is 32.2. The van der Waals surface area contributed by atoms with Crippen LogP contribution in [-0.2, 0) is 7.05 Å². The van der Waals surface area contributed by atoms with Gasteiger partial charge in [-0.15, -0.1) is 10.2 Å². The molecule has 1 amide bonds. The first-order valence-corrected chi connectivity index (χ1v) is 9.74. The van der Waals surface area contributed by atoms with E-state index in [0.717, 1.165) is 27.2 Å². The van der Waals surface area contributed by atoms with Crippen LogP contribution in [0.4, 0.5) is 5.69 Å². The number of fused-ring (bicyclic) bond motifs is 1. The maximum absolute atomic E-state index is 12.7. The molecule has 0 saturated heterocycles. The van der Waals surface area contributed by atoms with Crippen molar-refractivity contribution in [2.45, 2.75) is 17.3 Å². The van der Waals surface area contributed by atoms with Gasteiger partial charge < -0.3 is 9.88 Å². The normalized spacial score (nSPS) is 12.1. The molecule has 4 rings (SSSR count). The third kappa shape index (κ3) is 3.89. The van der Waals surface area contributed by atoms with Crippen LogP contribution in [0.1, 0.15) is 28.1 Å². The lowest BCUT2D eigenvalue weighted by atomic mass is 10.1. The van der Waals surface area contributed by atoms with Gasteiger partial charge in [-0.05, 0) is 48.2 Å². The van der Waals surface area contributed by atoms with Crippen LogP contribution in [0.25, 0.3) is 10.8 Å². The van der Waals surface area contributed by atoms with Crippen molar-refractivity contribution in [1.29, 1.82) is 0 Å². The summed E-state index contributed by atoms with van der Waals surface area (Å²) in [6.07, 6.45) is 5.19. The minimum Gasteiger partial charge on any atom is -0.322 e. The van der Waals surface area contributed by atoms with E-state index in [4.69, 9.17) is 0 Å². The Morgan fingerprint density at radius 1 is 1.14 bits per heavy atom. The zero-order chi connectivity index (χ0) is 19.5. The second kappa shape index (κ2) is 7.82. The molecule has 2 aromatic heterocycles. The molecule has 6 nitrogen and oxygen atoms in total. The molecule has 2 aromatic carbocycles. The van der Waals surface area contributed by atoms with Gasteiger partial charge in [-0.1, -0.05) is 30.0 Å². The van der Waals surface area contributed by atoms with E-state index in [9.17, 15) is 4.79 Å². The largest absolute Gasteiger partial charge is 0.322 e. The SMILES string of the molecule is CC(Sc1nncn1C)c1cccc(NC(=O)c2ccc3ccncc3c2)c1. The first-order valence-electron chi connectivity index (χ1n) is 8.86. The number of aromatic nitrogens is 4. The van der Waals surface area contributed by atoms with E-state index in [0.29, 0.717) is 5.56 Å². The highest BCUT2D eigenvalue weighted by molar-refractivity contribution is 7.99. The van der Waals surface area contributed by atoms with E-state index in [1.54, 1.807) is 30.5 Å². The van der Waals surface area contributed by atoms with Gasteiger partial charge in [0.2, 0.25) is 0 Å². The van der Waals surface area contributed by atoms with E-state index >= 15 is 0 Å². The van der Waals surface area contributed by atoms with Gasteiger partial charge in [-0.2, -0.15) is 0 Å². The molecule has 0 saturated carbocycles. The van der Waals surface area contributed by atoms with E-state index in [1.165, 1.54) is 0 Å². The standard InChI is InChI=1S/C21H19N5OS/c1-14(28-21-25-23-13-26(21)2)16-4-3-5-19(11-16)24-20(27)17-7-6-15-8-9-22-12-18(15)10-17/h3-14H,1-2H3,(H,24,27). The lowest BCUT2D eigenvalue weighted by molar-refractivity contribution is 0.102. The number of hydrogen-bond acceptors (Lipinski definition) is 5. The molecule has 0 aliphatic rings. The van der Waals surface area contributed by atoms with Gasteiger partial charge in [0.05, 0.1) is 0 Å². The molecule has 0 radical (unpaired) electrons. The molecule has 28 heavy (non-hydrogen) atoms. The van der Waals surface area contributed by atoms with E-state index < -0.39 is 0 Å². The third-order valence-corrected chi connectivity index (χ3v) is 5.67. The lowest BCUT2D eigenvalue weighted by Gasteiger charge is -2.13. The quantitative estimate of drug-likeness (QED) is 0.510. The third-order valence-electron chi connectivity index (χ3n) is 4.47. The predicted octanol–water partition coefficient (Wildman–Crippen LogP) is 4.47. The van der Waals surface area contributed by atoms with E-state index in [2.05, 4.69) is 27.4 Å². The van der Waals surface area contributed by atoms with E-state index in [1.807, 2.05) is 60.1 Å². The Morgan fingerprint density at radius 3 is 2.86 bits per heavy atom. The molecule has 1 atom stereocenters. The number of thioether (sulfide) groups is 1. The van der Waals surface area contributed by atoms with Gasteiger partial charge >= 0.3 is 0 Å². The van der Waals surface area contributed by atoms with Crippen molar-refractivity contribution in [2.75, 3.05) is 5.32 Å². The molecular formula is C21H19N5OS. The maximum atomic E-state index is 12.7. The Balaban J connectivity index is 1.50. The van der Waals surface area contributed by atoms with Gasteiger partial charge in [0.1, 0.15) is 6.33 Å². The Labute approximate surface area is 167 Å². The van der Waals surface area contributed by atoms with Crippen molar-refractivity contribution in [3.8, 4) is 0 Å². The number of nitrogens with zero attached hydrogens (tertiary/aromatic N) is 4. The summed E-state index contributed by atoms with van der Waals surface area (Å²) in [6, 6.07) is 15.4. The summed E-state index contributed by atoms with van der Waals surface area (Å²) in [5.74, 6) is -0.142. The highest BCUT2D eigenvalue weighted by Gasteiger charge is 2.13. The summed E-state index contributed by atoms with van der Waals surface area (Å²) in [5, 5.41) is 14.0. The van der Waals surface area contributed by atoms with Crippen LogP contribution in [0.5, 0.6) is 0 Å². The van der Waals surface area contributed by atoms with Crippen molar-refractivity contribution in [2.24, 2.45) is 7.05 Å². The van der Waals surface area contributed by atoms with Crippen LogP contribution in [0.15, 0.2) is 72.4 Å². The molecule has 0 bridgehead atoms. The van der Waals surface area contributed by atoms with Crippen molar-refractivity contribution < 1.29 is 4.79 Å². The molecule has 7 heteroatoms. The predicted molar refractivity (Wildman–Crippen MR) is 111 cm³/mol. The Kier molecular flexibility index (Phi) is 5.08. The fourth-order valence-corrected chi connectivity index (χ4v) is 3.81. The number of nitrogens with one attached hydrogen (secondary N) is 1. The molecule has 1 unspecified atom stereocenters. The molecular weight excluding hydrogens is 370 g/mol. The van der Waals surface area contributed by atoms with E-state index in [-0.39, 0.29) is 11.2 Å². The summed E-state index contributed by atoms with van der Waals surface area (Å²) < 4.78 is 1.89. The van der Waals surface area contributed by atoms with Crippen molar-refractivity contribution in [3.63, 3.8) is 0 Å². The van der Waals surface area contributed by atoms with Gasteiger partial charge in [-0.3, -0.25) is 9.78 Å². The Morgan fingerprint density at radius 2 is 2.04 bits per heavy atom. The second-order valence-corrected chi connectivity index (χ2v) is 7.81. The minimum atomic E-state index is -0.142. The molecule has 1 N–H and O–H groups in total. The minimum absolute atomic E-state index is 0.142.